The topological polar surface area (TPSA) is 65.0 Å². The Morgan fingerprint density at radius 2 is 2.15 bits per heavy atom. The van der Waals surface area contributed by atoms with Gasteiger partial charge in [0.05, 0.1) is 12.7 Å². The molecule has 1 fully saturated rings. The fourth-order valence-electron chi connectivity index (χ4n) is 3.31. The Morgan fingerprint density at radius 3 is 2.73 bits per heavy atom. The Hall–Kier alpha value is -1.86. The van der Waals surface area contributed by atoms with Gasteiger partial charge < -0.3 is 20.1 Å². The lowest BCUT2D eigenvalue weighted by atomic mass is 10.1. The minimum Gasteiger partial charge on any atom is -0.494 e. The molecule has 1 unspecified atom stereocenters. The molecule has 0 bridgehead atoms. The average Bonchev–Trinajstić information content (AvgIpc) is 2.53. The van der Waals surface area contributed by atoms with Gasteiger partial charge in [0.2, 0.25) is 0 Å². The van der Waals surface area contributed by atoms with Crippen molar-refractivity contribution >= 4 is 6.03 Å². The average molecular weight is 367 g/mol. The van der Waals surface area contributed by atoms with Gasteiger partial charge in [-0.3, -0.25) is 4.90 Å². The quantitative estimate of drug-likeness (QED) is 0.806. The van der Waals surface area contributed by atoms with E-state index in [0.29, 0.717) is 26.1 Å². The molecule has 0 radical (unpaired) electrons. The van der Waals surface area contributed by atoms with Crippen molar-refractivity contribution in [3.63, 3.8) is 0 Å². The number of urea groups is 1. The van der Waals surface area contributed by atoms with E-state index in [9.17, 15) is 14.3 Å². The maximum absolute atomic E-state index is 13.7. The first-order chi connectivity index (χ1) is 12.2. The molecule has 7 heteroatoms. The van der Waals surface area contributed by atoms with Crippen LogP contribution in [-0.2, 0) is 6.42 Å². The number of aliphatic hydroxyl groups is 1. The van der Waals surface area contributed by atoms with E-state index in [1.165, 1.54) is 13.2 Å². The van der Waals surface area contributed by atoms with Gasteiger partial charge in [-0.25, -0.2) is 9.18 Å². The molecule has 0 aromatic heterocycles. The number of hydrogen-bond donors (Lipinski definition) is 2. The smallest absolute Gasteiger partial charge is 0.317 e. The summed E-state index contributed by atoms with van der Waals surface area (Å²) in [5, 5.41) is 12.8. The first-order valence-corrected chi connectivity index (χ1v) is 9.01. The third kappa shape index (κ3) is 5.85. The number of β-amino-alcohol motifs (C(OH)–C–C–N with tert-alkyl or cyclic N) is 1. The molecule has 1 aromatic rings. The molecule has 0 spiro atoms. The van der Waals surface area contributed by atoms with Crippen molar-refractivity contribution in [2.45, 2.75) is 38.8 Å². The highest BCUT2D eigenvalue weighted by atomic mass is 19.1. The summed E-state index contributed by atoms with van der Waals surface area (Å²) in [6.45, 7) is 8.73. The molecule has 1 aromatic carbocycles. The number of amides is 2. The van der Waals surface area contributed by atoms with Crippen molar-refractivity contribution < 1.29 is 19.0 Å². The molecule has 2 rings (SSSR count). The lowest BCUT2D eigenvalue weighted by Crippen LogP contribution is -2.58. The number of carbonyl (C=O) groups excluding carboxylic acids is 1. The Bertz CT molecular complexity index is 619. The van der Waals surface area contributed by atoms with Gasteiger partial charge in [0.25, 0.3) is 0 Å². The van der Waals surface area contributed by atoms with E-state index in [0.717, 1.165) is 18.7 Å². The SMILES string of the molecule is COc1ccc(CCNC(=O)N2CCN(CC(C)(C)O)CC2C)cc1F. The van der Waals surface area contributed by atoms with Crippen LogP contribution in [0.25, 0.3) is 0 Å². The van der Waals surface area contributed by atoms with E-state index in [2.05, 4.69) is 10.2 Å². The molecule has 6 nitrogen and oxygen atoms in total. The van der Waals surface area contributed by atoms with Crippen molar-refractivity contribution in [1.29, 1.82) is 0 Å². The number of halogens is 1. The first-order valence-electron chi connectivity index (χ1n) is 9.01. The normalized spacial score (nSPS) is 18.7. The zero-order valence-electron chi connectivity index (χ0n) is 16.1. The number of nitrogens with one attached hydrogen (secondary N) is 1. The molecule has 1 atom stereocenters. The van der Waals surface area contributed by atoms with Crippen molar-refractivity contribution in [2.75, 3.05) is 39.8 Å². The molecular weight excluding hydrogens is 337 g/mol. The van der Waals surface area contributed by atoms with Gasteiger partial charge in [0.1, 0.15) is 0 Å². The maximum Gasteiger partial charge on any atom is 0.317 e. The second-order valence-electron chi connectivity index (χ2n) is 7.54. The lowest BCUT2D eigenvalue weighted by Gasteiger charge is -2.41. The minimum absolute atomic E-state index is 0.0736. The highest BCUT2D eigenvalue weighted by Gasteiger charge is 2.29. The number of nitrogens with zero attached hydrogens (tertiary/aromatic N) is 2. The Kier molecular flexibility index (Phi) is 6.83. The van der Waals surface area contributed by atoms with E-state index >= 15 is 0 Å². The van der Waals surface area contributed by atoms with Gasteiger partial charge in [0.15, 0.2) is 11.6 Å². The first kappa shape index (κ1) is 20.5. The predicted molar refractivity (Wildman–Crippen MR) is 99.0 cm³/mol. The van der Waals surface area contributed by atoms with Crippen LogP contribution in [0.3, 0.4) is 0 Å². The number of piperazine rings is 1. The summed E-state index contributed by atoms with van der Waals surface area (Å²) in [7, 11) is 1.43. The second kappa shape index (κ2) is 8.68. The molecule has 1 heterocycles. The predicted octanol–water partition coefficient (Wildman–Crippen LogP) is 1.86. The summed E-state index contributed by atoms with van der Waals surface area (Å²) in [6, 6.07) is 4.80. The van der Waals surface area contributed by atoms with Crippen LogP contribution in [0.4, 0.5) is 9.18 Å². The zero-order valence-corrected chi connectivity index (χ0v) is 16.1. The van der Waals surface area contributed by atoms with Crippen LogP contribution in [0, 0.1) is 5.82 Å². The molecule has 146 valence electrons. The summed E-state index contributed by atoms with van der Waals surface area (Å²) in [4.78, 5) is 16.4. The van der Waals surface area contributed by atoms with Crippen molar-refractivity contribution in [1.82, 2.24) is 15.1 Å². The largest absolute Gasteiger partial charge is 0.494 e. The van der Waals surface area contributed by atoms with Gasteiger partial charge in [-0.05, 0) is 44.9 Å². The maximum atomic E-state index is 13.7. The molecule has 1 aliphatic heterocycles. The van der Waals surface area contributed by atoms with E-state index in [1.54, 1.807) is 26.0 Å². The summed E-state index contributed by atoms with van der Waals surface area (Å²) in [6.07, 6.45) is 0.555. The Balaban J connectivity index is 1.79. The summed E-state index contributed by atoms with van der Waals surface area (Å²) >= 11 is 0. The van der Waals surface area contributed by atoms with Crippen molar-refractivity contribution in [2.24, 2.45) is 0 Å². The van der Waals surface area contributed by atoms with E-state index < -0.39 is 11.4 Å². The van der Waals surface area contributed by atoms with Crippen LogP contribution >= 0.6 is 0 Å². The van der Waals surface area contributed by atoms with Gasteiger partial charge >= 0.3 is 6.03 Å². The molecule has 2 N–H and O–H groups in total. The van der Waals surface area contributed by atoms with Crippen molar-refractivity contribution in [3.8, 4) is 5.75 Å². The van der Waals surface area contributed by atoms with E-state index in [1.807, 2.05) is 11.8 Å². The summed E-state index contributed by atoms with van der Waals surface area (Å²) < 4.78 is 18.6. The molecule has 1 saturated heterocycles. The van der Waals surface area contributed by atoms with Crippen LogP contribution in [-0.4, -0.2) is 72.4 Å². The Morgan fingerprint density at radius 1 is 1.42 bits per heavy atom. The van der Waals surface area contributed by atoms with Crippen LogP contribution in [0.15, 0.2) is 18.2 Å². The fraction of sp³-hybridized carbons (Fsp3) is 0.632. The highest BCUT2D eigenvalue weighted by molar-refractivity contribution is 5.74. The summed E-state index contributed by atoms with van der Waals surface area (Å²) in [5.74, 6) is -0.177. The van der Waals surface area contributed by atoms with E-state index in [-0.39, 0.29) is 17.8 Å². The zero-order chi connectivity index (χ0) is 19.3. The van der Waals surface area contributed by atoms with Gasteiger partial charge in [-0.1, -0.05) is 6.07 Å². The molecule has 26 heavy (non-hydrogen) atoms. The number of methoxy groups -OCH3 is 1. The lowest BCUT2D eigenvalue weighted by molar-refractivity contribution is 0.0119. The standard InChI is InChI=1S/C19H30FN3O3/c1-14-12-22(13-19(2,3)25)9-10-23(14)18(24)21-8-7-15-5-6-17(26-4)16(20)11-15/h5-6,11,14,25H,7-10,12-13H2,1-4H3,(H,21,24). The van der Waals surface area contributed by atoms with E-state index in [4.69, 9.17) is 4.74 Å². The van der Waals surface area contributed by atoms with Crippen molar-refractivity contribution in [3.05, 3.63) is 29.6 Å². The van der Waals surface area contributed by atoms with Gasteiger partial charge in [-0.2, -0.15) is 0 Å². The van der Waals surface area contributed by atoms with Gasteiger partial charge in [-0.15, -0.1) is 0 Å². The fourth-order valence-corrected chi connectivity index (χ4v) is 3.31. The summed E-state index contributed by atoms with van der Waals surface area (Å²) in [5.41, 5.74) is 0.0734. The number of ether oxygens (including phenoxy) is 1. The molecule has 2 amide bonds. The number of carbonyl (C=O) groups is 1. The number of rotatable bonds is 6. The van der Waals surface area contributed by atoms with Crippen LogP contribution in [0.2, 0.25) is 0 Å². The molecule has 0 aliphatic carbocycles. The van der Waals surface area contributed by atoms with Gasteiger partial charge in [0, 0.05) is 38.8 Å². The molecular formula is C19H30FN3O3. The minimum atomic E-state index is -0.738. The monoisotopic (exact) mass is 367 g/mol. The second-order valence-corrected chi connectivity index (χ2v) is 7.54. The third-order valence-corrected chi connectivity index (χ3v) is 4.49. The Labute approximate surface area is 154 Å². The van der Waals surface area contributed by atoms with Crippen LogP contribution < -0.4 is 10.1 Å². The third-order valence-electron chi connectivity index (χ3n) is 4.49. The number of hydrogen-bond acceptors (Lipinski definition) is 4. The van der Waals surface area contributed by atoms with Crippen LogP contribution in [0.5, 0.6) is 5.75 Å². The van der Waals surface area contributed by atoms with Crippen LogP contribution in [0.1, 0.15) is 26.3 Å². The molecule has 0 saturated carbocycles. The highest BCUT2D eigenvalue weighted by Crippen LogP contribution is 2.18. The molecule has 1 aliphatic rings. The number of benzene rings is 1.